The van der Waals surface area contributed by atoms with E-state index in [1.165, 1.54) is 0 Å². The molecule has 13 heteroatoms. The number of anilines is 1. The molecule has 4 heterocycles. The number of hydrogen-bond donors (Lipinski definition) is 2. The standard InChI is InChI=1S/C26H34F3N7O3/c1-38-20-5-3-4-18(12-20)16-36-24(37)35(17-25(36)6-9-34(10-7-25)11-8-26(27,28)29)23-30-15-21(22(33-23)39-2)19-13-31-32-14-19/h3-5,12,15,19,31-32H,6-11,13-14,16-17H2,1-2H3. The van der Waals surface area contributed by atoms with Crippen molar-refractivity contribution in [1.82, 2.24) is 30.6 Å². The van der Waals surface area contributed by atoms with Crippen LogP contribution in [0.3, 0.4) is 0 Å². The maximum Gasteiger partial charge on any atom is 0.390 e. The molecule has 1 aromatic heterocycles. The number of piperidine rings is 1. The normalized spacial score (nSPS) is 20.3. The molecule has 1 aromatic carbocycles. The Bertz CT molecular complexity index is 1170. The van der Waals surface area contributed by atoms with Crippen LogP contribution in [-0.4, -0.2) is 91.0 Å². The van der Waals surface area contributed by atoms with Crippen LogP contribution in [0.1, 0.15) is 36.3 Å². The van der Waals surface area contributed by atoms with E-state index >= 15 is 0 Å². The van der Waals surface area contributed by atoms with Crippen LogP contribution in [0.2, 0.25) is 0 Å². The van der Waals surface area contributed by atoms with Crippen LogP contribution in [0.15, 0.2) is 30.5 Å². The van der Waals surface area contributed by atoms with Crippen LogP contribution in [0.4, 0.5) is 23.9 Å². The summed E-state index contributed by atoms with van der Waals surface area (Å²) in [5.41, 5.74) is 7.36. The summed E-state index contributed by atoms with van der Waals surface area (Å²) in [6.45, 7) is 3.00. The first-order valence-electron chi connectivity index (χ1n) is 13.1. The number of rotatable bonds is 8. The van der Waals surface area contributed by atoms with Gasteiger partial charge in [0.25, 0.3) is 0 Å². The largest absolute Gasteiger partial charge is 0.497 e. The number of methoxy groups -OCH3 is 2. The highest BCUT2D eigenvalue weighted by Crippen LogP contribution is 2.40. The number of hydrazine groups is 1. The van der Waals surface area contributed by atoms with Crippen LogP contribution >= 0.6 is 0 Å². The van der Waals surface area contributed by atoms with Crippen molar-refractivity contribution in [3.05, 3.63) is 41.6 Å². The van der Waals surface area contributed by atoms with Crippen molar-refractivity contribution < 1.29 is 27.4 Å². The summed E-state index contributed by atoms with van der Waals surface area (Å²) in [6, 6.07) is 7.30. The van der Waals surface area contributed by atoms with E-state index in [-0.39, 0.29) is 24.4 Å². The van der Waals surface area contributed by atoms with Gasteiger partial charge in [-0.15, -0.1) is 0 Å². The van der Waals surface area contributed by atoms with E-state index in [4.69, 9.17) is 9.47 Å². The molecule has 0 unspecified atom stereocenters. The van der Waals surface area contributed by atoms with E-state index in [1.807, 2.05) is 34.1 Å². The zero-order valence-corrected chi connectivity index (χ0v) is 22.1. The number of halogens is 3. The zero-order chi connectivity index (χ0) is 27.6. The van der Waals surface area contributed by atoms with Gasteiger partial charge >= 0.3 is 12.2 Å². The Morgan fingerprint density at radius 2 is 1.87 bits per heavy atom. The third-order valence-electron chi connectivity index (χ3n) is 7.92. The Hall–Kier alpha value is -3.16. The highest BCUT2D eigenvalue weighted by molar-refractivity contribution is 5.93. The third-order valence-corrected chi connectivity index (χ3v) is 7.92. The molecule has 2 amide bonds. The highest BCUT2D eigenvalue weighted by atomic mass is 19.4. The lowest BCUT2D eigenvalue weighted by Crippen LogP contribution is -2.54. The summed E-state index contributed by atoms with van der Waals surface area (Å²) in [5, 5.41) is 0. The van der Waals surface area contributed by atoms with Crippen molar-refractivity contribution in [3.8, 4) is 11.6 Å². The summed E-state index contributed by atoms with van der Waals surface area (Å²) >= 11 is 0. The summed E-state index contributed by atoms with van der Waals surface area (Å²) in [6.07, 6.45) is -2.23. The Morgan fingerprint density at radius 1 is 1.13 bits per heavy atom. The van der Waals surface area contributed by atoms with Crippen molar-refractivity contribution >= 4 is 12.0 Å². The maximum absolute atomic E-state index is 13.9. The Kier molecular flexibility index (Phi) is 7.83. The lowest BCUT2D eigenvalue weighted by Gasteiger charge is -2.44. The lowest BCUT2D eigenvalue weighted by molar-refractivity contribution is -0.139. The molecule has 3 fully saturated rings. The molecule has 1 spiro atoms. The van der Waals surface area contributed by atoms with E-state index < -0.39 is 18.1 Å². The van der Waals surface area contributed by atoms with Gasteiger partial charge in [0, 0.05) is 56.9 Å². The molecule has 0 aliphatic carbocycles. The molecule has 0 saturated carbocycles. The number of nitrogens with zero attached hydrogens (tertiary/aromatic N) is 5. The smallest absolute Gasteiger partial charge is 0.390 e. The first-order valence-corrected chi connectivity index (χ1v) is 13.1. The summed E-state index contributed by atoms with van der Waals surface area (Å²) in [5.74, 6) is 1.50. The van der Waals surface area contributed by atoms with Gasteiger partial charge in [-0.3, -0.25) is 15.8 Å². The second kappa shape index (κ2) is 11.1. The number of benzene rings is 1. The number of alkyl halides is 3. The summed E-state index contributed by atoms with van der Waals surface area (Å²) < 4.78 is 49.4. The van der Waals surface area contributed by atoms with Crippen molar-refractivity contribution in [1.29, 1.82) is 0 Å². The minimum absolute atomic E-state index is 0.0419. The second-order valence-electron chi connectivity index (χ2n) is 10.3. The number of carbonyl (C=O) groups is 1. The molecule has 2 N–H and O–H groups in total. The van der Waals surface area contributed by atoms with Crippen molar-refractivity contribution in [2.75, 3.05) is 58.4 Å². The fourth-order valence-corrected chi connectivity index (χ4v) is 5.67. The van der Waals surface area contributed by atoms with Crippen molar-refractivity contribution in [3.63, 3.8) is 0 Å². The van der Waals surface area contributed by atoms with E-state index in [1.54, 1.807) is 25.3 Å². The molecule has 0 atom stereocenters. The van der Waals surface area contributed by atoms with Crippen molar-refractivity contribution in [2.24, 2.45) is 0 Å². The molecule has 2 aromatic rings. The van der Waals surface area contributed by atoms with Crippen LogP contribution in [0.5, 0.6) is 11.6 Å². The van der Waals surface area contributed by atoms with E-state index in [0.29, 0.717) is 63.7 Å². The molecule has 0 bridgehead atoms. The average Bonchev–Trinajstić information content (AvgIpc) is 3.56. The van der Waals surface area contributed by atoms with Gasteiger partial charge in [0.05, 0.1) is 32.7 Å². The number of aromatic nitrogens is 2. The van der Waals surface area contributed by atoms with Gasteiger partial charge in [0.1, 0.15) is 5.75 Å². The van der Waals surface area contributed by atoms with E-state index in [2.05, 4.69) is 20.8 Å². The maximum atomic E-state index is 13.9. The predicted octanol–water partition coefficient (Wildman–Crippen LogP) is 2.91. The van der Waals surface area contributed by atoms with Crippen LogP contribution in [-0.2, 0) is 6.54 Å². The van der Waals surface area contributed by atoms with Gasteiger partial charge in [-0.25, -0.2) is 9.78 Å². The molecular weight excluding hydrogens is 515 g/mol. The van der Waals surface area contributed by atoms with Gasteiger partial charge in [0.15, 0.2) is 0 Å². The topological polar surface area (TPSA) is 95.1 Å². The lowest BCUT2D eigenvalue weighted by atomic mass is 9.86. The zero-order valence-electron chi connectivity index (χ0n) is 22.1. The first kappa shape index (κ1) is 27.4. The Morgan fingerprint density at radius 3 is 2.54 bits per heavy atom. The van der Waals surface area contributed by atoms with E-state index in [0.717, 1.165) is 11.1 Å². The van der Waals surface area contributed by atoms with Gasteiger partial charge in [-0.2, -0.15) is 18.2 Å². The predicted molar refractivity (Wildman–Crippen MR) is 138 cm³/mol. The van der Waals surface area contributed by atoms with Gasteiger partial charge in [-0.05, 0) is 30.5 Å². The molecule has 3 aliphatic heterocycles. The SMILES string of the molecule is COc1cccc(CN2C(=O)N(c3ncc(C4CNNC4)c(OC)n3)CC23CCN(CCC(F)(F)F)CC3)c1. The minimum Gasteiger partial charge on any atom is -0.497 e. The molecule has 0 radical (unpaired) electrons. The van der Waals surface area contributed by atoms with Crippen LogP contribution in [0.25, 0.3) is 0 Å². The molecule has 5 rings (SSSR count). The second-order valence-corrected chi connectivity index (χ2v) is 10.3. The summed E-state index contributed by atoms with van der Waals surface area (Å²) in [7, 11) is 3.14. The number of nitrogens with one attached hydrogen (secondary N) is 2. The van der Waals surface area contributed by atoms with E-state index in [9.17, 15) is 18.0 Å². The monoisotopic (exact) mass is 549 g/mol. The number of amides is 2. The summed E-state index contributed by atoms with van der Waals surface area (Å²) in [4.78, 5) is 28.3. The van der Waals surface area contributed by atoms with Crippen LogP contribution < -0.4 is 25.2 Å². The third kappa shape index (κ3) is 5.89. The Balaban J connectivity index is 1.41. The molecule has 3 saturated heterocycles. The molecule has 3 aliphatic rings. The number of ether oxygens (including phenoxy) is 2. The number of hydrogen-bond acceptors (Lipinski definition) is 8. The molecular formula is C26H34F3N7O3. The van der Waals surface area contributed by atoms with Crippen molar-refractivity contribution in [2.45, 2.75) is 43.4 Å². The number of urea groups is 1. The fourth-order valence-electron chi connectivity index (χ4n) is 5.67. The highest BCUT2D eigenvalue weighted by Gasteiger charge is 2.52. The van der Waals surface area contributed by atoms with Gasteiger partial charge < -0.3 is 19.3 Å². The molecule has 10 nitrogen and oxygen atoms in total. The minimum atomic E-state index is -4.19. The molecule has 39 heavy (non-hydrogen) atoms. The average molecular weight is 550 g/mol. The quantitative estimate of drug-likeness (QED) is 0.519. The van der Waals surface area contributed by atoms with Gasteiger partial charge in [-0.1, -0.05) is 12.1 Å². The molecule has 212 valence electrons. The number of carbonyl (C=O) groups excluding carboxylic acids is 1. The first-order chi connectivity index (χ1) is 18.7. The van der Waals surface area contributed by atoms with Crippen LogP contribution in [0, 0.1) is 0 Å². The fraction of sp³-hybridized carbons (Fsp3) is 0.577. The number of likely N-dealkylation sites (tertiary alicyclic amines) is 1. The van der Waals surface area contributed by atoms with Gasteiger partial charge in [0.2, 0.25) is 11.8 Å². The Labute approximate surface area is 225 Å².